The molecule has 132 valence electrons. The zero-order valence-corrected chi connectivity index (χ0v) is 15.1. The van der Waals surface area contributed by atoms with E-state index < -0.39 is 5.82 Å². The Morgan fingerprint density at radius 1 is 1.16 bits per heavy atom. The highest BCUT2D eigenvalue weighted by Crippen LogP contribution is 2.26. The van der Waals surface area contributed by atoms with Gasteiger partial charge in [0.1, 0.15) is 5.82 Å². The summed E-state index contributed by atoms with van der Waals surface area (Å²) in [5.41, 5.74) is 4.31. The fourth-order valence-corrected chi connectivity index (χ4v) is 3.43. The maximum atomic E-state index is 14.6. The average Bonchev–Trinajstić information content (AvgIpc) is 3.06. The molecule has 1 atom stereocenters. The van der Waals surface area contributed by atoms with E-state index in [4.69, 9.17) is 0 Å². The third-order valence-electron chi connectivity index (χ3n) is 5.11. The number of hydrogen-bond donors (Lipinski definition) is 1. The van der Waals surface area contributed by atoms with Crippen LogP contribution in [-0.4, -0.2) is 37.5 Å². The SMILES string of the molecule is CNCC1CCN(C(=O)c2ccc(-c3ccc(C)c(C)c3)cc2F)C1. The van der Waals surface area contributed by atoms with Crippen molar-refractivity contribution in [1.82, 2.24) is 10.2 Å². The second kappa shape index (κ2) is 7.36. The summed E-state index contributed by atoms with van der Waals surface area (Å²) in [5, 5.41) is 3.14. The lowest BCUT2D eigenvalue weighted by Crippen LogP contribution is -2.30. The third-order valence-corrected chi connectivity index (χ3v) is 5.11. The maximum absolute atomic E-state index is 14.6. The number of carbonyl (C=O) groups excluding carboxylic acids is 1. The van der Waals surface area contributed by atoms with Crippen molar-refractivity contribution in [3.05, 3.63) is 58.9 Å². The lowest BCUT2D eigenvalue weighted by atomic mass is 9.99. The topological polar surface area (TPSA) is 32.3 Å². The molecule has 1 amide bonds. The van der Waals surface area contributed by atoms with Gasteiger partial charge >= 0.3 is 0 Å². The molecule has 3 nitrogen and oxygen atoms in total. The molecule has 0 aliphatic carbocycles. The first-order valence-corrected chi connectivity index (χ1v) is 8.80. The molecular weight excluding hydrogens is 315 g/mol. The van der Waals surface area contributed by atoms with E-state index in [1.54, 1.807) is 11.0 Å². The fourth-order valence-electron chi connectivity index (χ4n) is 3.43. The number of nitrogens with one attached hydrogen (secondary N) is 1. The summed E-state index contributed by atoms with van der Waals surface area (Å²) in [6, 6.07) is 11.0. The van der Waals surface area contributed by atoms with E-state index in [1.807, 2.05) is 32.2 Å². The Hall–Kier alpha value is -2.20. The molecule has 0 radical (unpaired) electrons. The van der Waals surface area contributed by atoms with Crippen LogP contribution in [0.1, 0.15) is 27.9 Å². The first kappa shape index (κ1) is 17.6. The summed E-state index contributed by atoms with van der Waals surface area (Å²) in [4.78, 5) is 14.4. The summed E-state index contributed by atoms with van der Waals surface area (Å²) in [7, 11) is 1.91. The number of halogens is 1. The smallest absolute Gasteiger partial charge is 0.256 e. The van der Waals surface area contributed by atoms with E-state index in [9.17, 15) is 9.18 Å². The lowest BCUT2D eigenvalue weighted by molar-refractivity contribution is 0.0782. The Bertz CT molecular complexity index is 787. The van der Waals surface area contributed by atoms with Gasteiger partial charge in [0.2, 0.25) is 0 Å². The number of rotatable bonds is 4. The normalized spacial score (nSPS) is 17.1. The number of nitrogens with zero attached hydrogens (tertiary/aromatic N) is 1. The van der Waals surface area contributed by atoms with Gasteiger partial charge in [0.05, 0.1) is 5.56 Å². The van der Waals surface area contributed by atoms with Gasteiger partial charge in [-0.15, -0.1) is 0 Å². The summed E-state index contributed by atoms with van der Waals surface area (Å²) in [6.45, 7) is 6.38. The van der Waals surface area contributed by atoms with Gasteiger partial charge in [0, 0.05) is 13.1 Å². The molecule has 0 bridgehead atoms. The van der Waals surface area contributed by atoms with Gasteiger partial charge in [-0.05, 0) is 74.2 Å². The van der Waals surface area contributed by atoms with Gasteiger partial charge in [0.15, 0.2) is 0 Å². The van der Waals surface area contributed by atoms with E-state index in [2.05, 4.69) is 18.3 Å². The highest BCUT2D eigenvalue weighted by Gasteiger charge is 2.27. The zero-order chi connectivity index (χ0) is 18.0. The summed E-state index contributed by atoms with van der Waals surface area (Å²) in [5.74, 6) is -0.202. The monoisotopic (exact) mass is 340 g/mol. The van der Waals surface area contributed by atoms with Crippen LogP contribution >= 0.6 is 0 Å². The van der Waals surface area contributed by atoms with Crippen molar-refractivity contribution in [2.24, 2.45) is 5.92 Å². The van der Waals surface area contributed by atoms with Crippen LogP contribution in [0.4, 0.5) is 4.39 Å². The molecule has 1 unspecified atom stereocenters. The van der Waals surface area contributed by atoms with E-state index in [0.717, 1.165) is 24.1 Å². The number of carbonyl (C=O) groups is 1. The molecule has 1 N–H and O–H groups in total. The summed E-state index contributed by atoms with van der Waals surface area (Å²) >= 11 is 0. The van der Waals surface area contributed by atoms with Crippen LogP contribution in [0.25, 0.3) is 11.1 Å². The first-order chi connectivity index (χ1) is 12.0. The standard InChI is InChI=1S/C21H25FN2O/c1-14-4-5-17(10-15(14)2)18-6-7-19(20(22)11-18)21(25)24-9-8-16(13-24)12-23-3/h4-7,10-11,16,23H,8-9,12-13H2,1-3H3. The second-order valence-corrected chi connectivity index (χ2v) is 6.96. The van der Waals surface area contributed by atoms with Crippen LogP contribution in [0.3, 0.4) is 0 Å². The lowest BCUT2D eigenvalue weighted by Gasteiger charge is -2.17. The Balaban J connectivity index is 1.80. The molecule has 0 spiro atoms. The predicted molar refractivity (Wildman–Crippen MR) is 99.2 cm³/mol. The highest BCUT2D eigenvalue weighted by molar-refractivity contribution is 5.95. The van der Waals surface area contributed by atoms with Gasteiger partial charge in [-0.3, -0.25) is 4.79 Å². The van der Waals surface area contributed by atoms with Crippen molar-refractivity contribution in [2.45, 2.75) is 20.3 Å². The number of likely N-dealkylation sites (tertiary alicyclic amines) is 1. The van der Waals surface area contributed by atoms with Crippen LogP contribution in [0, 0.1) is 25.6 Å². The minimum absolute atomic E-state index is 0.165. The number of benzene rings is 2. The van der Waals surface area contributed by atoms with Crippen molar-refractivity contribution in [1.29, 1.82) is 0 Å². The first-order valence-electron chi connectivity index (χ1n) is 8.80. The van der Waals surface area contributed by atoms with E-state index >= 15 is 0 Å². The maximum Gasteiger partial charge on any atom is 0.256 e. The molecule has 4 heteroatoms. The predicted octanol–water partition coefficient (Wildman–Crippen LogP) is 3.79. The average molecular weight is 340 g/mol. The van der Waals surface area contributed by atoms with Crippen molar-refractivity contribution < 1.29 is 9.18 Å². The molecule has 1 saturated heterocycles. The molecular formula is C21H25FN2O. The quantitative estimate of drug-likeness (QED) is 0.918. The van der Waals surface area contributed by atoms with Gasteiger partial charge in [0.25, 0.3) is 5.91 Å². The zero-order valence-electron chi connectivity index (χ0n) is 15.1. The molecule has 1 fully saturated rings. The molecule has 25 heavy (non-hydrogen) atoms. The van der Waals surface area contributed by atoms with Crippen molar-refractivity contribution in [3.63, 3.8) is 0 Å². The fraction of sp³-hybridized carbons (Fsp3) is 0.381. The van der Waals surface area contributed by atoms with Gasteiger partial charge < -0.3 is 10.2 Å². The van der Waals surface area contributed by atoms with E-state index in [-0.39, 0.29) is 11.5 Å². The van der Waals surface area contributed by atoms with Crippen LogP contribution in [0.5, 0.6) is 0 Å². The number of aryl methyl sites for hydroxylation is 2. The number of hydrogen-bond acceptors (Lipinski definition) is 2. The van der Waals surface area contributed by atoms with Crippen molar-refractivity contribution >= 4 is 5.91 Å². The van der Waals surface area contributed by atoms with E-state index in [1.165, 1.54) is 17.2 Å². The largest absolute Gasteiger partial charge is 0.338 e. The summed E-state index contributed by atoms with van der Waals surface area (Å²) < 4.78 is 14.6. The number of amides is 1. The molecule has 3 rings (SSSR count). The Labute approximate surface area is 148 Å². The second-order valence-electron chi connectivity index (χ2n) is 6.96. The van der Waals surface area contributed by atoms with Gasteiger partial charge in [-0.1, -0.05) is 24.3 Å². The van der Waals surface area contributed by atoms with Crippen LogP contribution in [0.15, 0.2) is 36.4 Å². The van der Waals surface area contributed by atoms with Crippen molar-refractivity contribution in [3.8, 4) is 11.1 Å². The van der Waals surface area contributed by atoms with Crippen molar-refractivity contribution in [2.75, 3.05) is 26.7 Å². The molecule has 1 aliphatic rings. The molecule has 2 aromatic rings. The molecule has 1 heterocycles. The van der Waals surface area contributed by atoms with E-state index in [0.29, 0.717) is 19.0 Å². The Kier molecular flexibility index (Phi) is 5.19. The molecule has 0 aromatic heterocycles. The third kappa shape index (κ3) is 3.74. The minimum Gasteiger partial charge on any atom is -0.338 e. The van der Waals surface area contributed by atoms with Crippen LogP contribution in [-0.2, 0) is 0 Å². The molecule has 0 saturated carbocycles. The van der Waals surface area contributed by atoms with Gasteiger partial charge in [-0.2, -0.15) is 0 Å². The Morgan fingerprint density at radius 2 is 1.88 bits per heavy atom. The van der Waals surface area contributed by atoms with Gasteiger partial charge in [-0.25, -0.2) is 4.39 Å². The highest BCUT2D eigenvalue weighted by atomic mass is 19.1. The Morgan fingerprint density at radius 3 is 2.56 bits per heavy atom. The van der Waals surface area contributed by atoms with Crippen LogP contribution in [0.2, 0.25) is 0 Å². The molecule has 1 aliphatic heterocycles. The summed E-state index contributed by atoms with van der Waals surface area (Å²) in [6.07, 6.45) is 0.967. The minimum atomic E-state index is -0.446. The van der Waals surface area contributed by atoms with Crippen LogP contribution < -0.4 is 5.32 Å². The molecule has 2 aromatic carbocycles.